The molecule has 0 saturated heterocycles. The highest BCUT2D eigenvalue weighted by atomic mass is 79.9. The maximum absolute atomic E-state index is 12.4. The largest absolute Gasteiger partial charge is 0.416 e. The van der Waals surface area contributed by atoms with Gasteiger partial charge < -0.3 is 4.98 Å². The monoisotopic (exact) mass is 306 g/mol. The summed E-state index contributed by atoms with van der Waals surface area (Å²) in [6.07, 6.45) is -4.43. The third kappa shape index (κ3) is 2.33. The van der Waals surface area contributed by atoms with Crippen LogP contribution in [0.25, 0.3) is 11.0 Å². The second kappa shape index (κ2) is 4.14. The molecule has 0 atom stereocenters. The molecule has 0 aliphatic carbocycles. The lowest BCUT2D eigenvalue weighted by molar-refractivity contribution is -0.137. The molecule has 0 fully saturated rings. The molecule has 3 nitrogen and oxygen atoms in total. The Morgan fingerprint density at radius 3 is 2.65 bits per heavy atom. The Bertz CT molecular complexity index is 621. The van der Waals surface area contributed by atoms with Crippen LogP contribution >= 0.6 is 15.9 Å². The molecule has 1 heterocycles. The van der Waals surface area contributed by atoms with Gasteiger partial charge in [0.2, 0.25) is 0 Å². The number of aromatic amines is 1. The van der Waals surface area contributed by atoms with Crippen LogP contribution in [0, 0.1) is 0 Å². The van der Waals surface area contributed by atoms with Gasteiger partial charge in [0, 0.05) is 0 Å². The van der Waals surface area contributed by atoms with E-state index in [0.29, 0.717) is 5.52 Å². The molecule has 2 aromatic rings. The van der Waals surface area contributed by atoms with E-state index in [1.165, 1.54) is 6.07 Å². The average Bonchev–Trinajstić information content (AvgIpc) is 2.26. The van der Waals surface area contributed by atoms with E-state index in [4.69, 9.17) is 0 Å². The van der Waals surface area contributed by atoms with Gasteiger partial charge in [-0.25, -0.2) is 4.98 Å². The van der Waals surface area contributed by atoms with Gasteiger partial charge in [-0.1, -0.05) is 15.9 Å². The van der Waals surface area contributed by atoms with Crippen molar-refractivity contribution in [2.24, 2.45) is 0 Å². The van der Waals surface area contributed by atoms with E-state index in [1.54, 1.807) is 0 Å². The molecule has 90 valence electrons. The first-order valence-electron chi connectivity index (χ1n) is 4.58. The Morgan fingerprint density at radius 1 is 1.35 bits per heavy atom. The van der Waals surface area contributed by atoms with E-state index in [1.807, 2.05) is 0 Å². The van der Waals surface area contributed by atoms with Crippen molar-refractivity contribution in [3.8, 4) is 0 Å². The Balaban J connectivity index is 2.68. The number of aromatic nitrogens is 2. The summed E-state index contributed by atoms with van der Waals surface area (Å²) in [6.45, 7) is 0. The van der Waals surface area contributed by atoms with Gasteiger partial charge in [0.15, 0.2) is 0 Å². The normalized spacial score (nSPS) is 12.0. The summed E-state index contributed by atoms with van der Waals surface area (Å²) in [5.74, 6) is 0. The van der Waals surface area contributed by atoms with Gasteiger partial charge in [0.25, 0.3) is 5.56 Å². The zero-order chi connectivity index (χ0) is 12.6. The quantitative estimate of drug-likeness (QED) is 0.824. The Morgan fingerprint density at radius 2 is 2.06 bits per heavy atom. The highest BCUT2D eigenvalue weighted by Gasteiger charge is 2.30. The smallest absolute Gasteiger partial charge is 0.319 e. The van der Waals surface area contributed by atoms with Crippen LogP contribution in [0.2, 0.25) is 0 Å². The molecule has 17 heavy (non-hydrogen) atoms. The van der Waals surface area contributed by atoms with Crippen LogP contribution in [-0.2, 0) is 11.5 Å². The second-order valence-corrected chi connectivity index (χ2v) is 3.94. The number of H-pyrrole nitrogens is 1. The number of fused-ring (bicyclic) bond motifs is 1. The van der Waals surface area contributed by atoms with E-state index in [0.717, 1.165) is 12.1 Å². The molecule has 1 aromatic carbocycles. The number of nitrogens with zero attached hydrogens (tertiary/aromatic N) is 1. The average molecular weight is 307 g/mol. The third-order valence-corrected chi connectivity index (χ3v) is 2.75. The number of alkyl halides is 4. The van der Waals surface area contributed by atoms with Crippen LogP contribution in [0.1, 0.15) is 11.3 Å². The van der Waals surface area contributed by atoms with Crippen molar-refractivity contribution in [2.45, 2.75) is 11.5 Å². The first-order chi connectivity index (χ1) is 7.91. The Kier molecular flexibility index (Phi) is 2.94. The molecule has 7 heteroatoms. The van der Waals surface area contributed by atoms with E-state index in [2.05, 4.69) is 25.9 Å². The van der Waals surface area contributed by atoms with Gasteiger partial charge in [0.05, 0.1) is 21.9 Å². The molecule has 0 amide bonds. The summed E-state index contributed by atoms with van der Waals surface area (Å²) in [5, 5.41) is 0.249. The summed E-state index contributed by atoms with van der Waals surface area (Å²) in [5.41, 5.74) is -0.665. The minimum absolute atomic E-state index is 0.0783. The van der Waals surface area contributed by atoms with Crippen LogP contribution in [0.5, 0.6) is 0 Å². The predicted octanol–water partition coefficient (Wildman–Crippen LogP) is 2.84. The third-order valence-electron chi connectivity index (χ3n) is 2.22. The lowest BCUT2D eigenvalue weighted by atomic mass is 10.2. The minimum Gasteiger partial charge on any atom is -0.319 e. The van der Waals surface area contributed by atoms with E-state index < -0.39 is 17.3 Å². The zero-order valence-corrected chi connectivity index (χ0v) is 9.89. The highest BCUT2D eigenvalue weighted by Crippen LogP contribution is 2.30. The molecule has 2 rings (SSSR count). The standard InChI is InChI=1S/C10H6BrF3N2O/c11-4-8-9(17)16-7-3-5(10(12,13)14)1-2-6(7)15-8/h1-3H,4H2,(H,16,17). The van der Waals surface area contributed by atoms with Crippen LogP contribution in [0.4, 0.5) is 13.2 Å². The topological polar surface area (TPSA) is 45.8 Å². The summed E-state index contributed by atoms with van der Waals surface area (Å²) in [6, 6.07) is 3.05. The van der Waals surface area contributed by atoms with E-state index in [9.17, 15) is 18.0 Å². The maximum Gasteiger partial charge on any atom is 0.416 e. The van der Waals surface area contributed by atoms with Gasteiger partial charge in [-0.15, -0.1) is 0 Å². The molecule has 0 radical (unpaired) electrons. The number of halogens is 4. The molecule has 0 aliphatic heterocycles. The molecule has 0 spiro atoms. The summed E-state index contributed by atoms with van der Waals surface area (Å²) in [4.78, 5) is 17.7. The van der Waals surface area contributed by atoms with Crippen LogP contribution in [-0.4, -0.2) is 9.97 Å². The fourth-order valence-corrected chi connectivity index (χ4v) is 1.77. The lowest BCUT2D eigenvalue weighted by Crippen LogP contribution is -2.14. The van der Waals surface area contributed by atoms with Crippen LogP contribution in [0.3, 0.4) is 0 Å². The van der Waals surface area contributed by atoms with Gasteiger partial charge in [-0.05, 0) is 18.2 Å². The molecule has 0 saturated carbocycles. The number of rotatable bonds is 1. The minimum atomic E-state index is -4.43. The lowest BCUT2D eigenvalue weighted by Gasteiger charge is -2.07. The van der Waals surface area contributed by atoms with Crippen molar-refractivity contribution >= 4 is 27.0 Å². The predicted molar refractivity (Wildman–Crippen MR) is 60.0 cm³/mol. The SMILES string of the molecule is O=c1[nH]c2cc(C(F)(F)F)ccc2nc1CBr. The maximum atomic E-state index is 12.4. The Labute approximate surface area is 102 Å². The van der Waals surface area contributed by atoms with Crippen LogP contribution < -0.4 is 5.56 Å². The molecule has 1 N–H and O–H groups in total. The van der Waals surface area contributed by atoms with Crippen molar-refractivity contribution in [1.82, 2.24) is 9.97 Å². The zero-order valence-electron chi connectivity index (χ0n) is 8.31. The molecule has 0 aliphatic rings. The molecular weight excluding hydrogens is 301 g/mol. The fourth-order valence-electron chi connectivity index (χ4n) is 1.39. The fraction of sp³-hybridized carbons (Fsp3) is 0.200. The highest BCUT2D eigenvalue weighted by molar-refractivity contribution is 9.08. The Hall–Kier alpha value is -1.37. The second-order valence-electron chi connectivity index (χ2n) is 3.38. The molecule has 0 unspecified atom stereocenters. The van der Waals surface area contributed by atoms with Crippen LogP contribution in [0.15, 0.2) is 23.0 Å². The first kappa shape index (κ1) is 12.1. The van der Waals surface area contributed by atoms with Crippen molar-refractivity contribution in [3.05, 3.63) is 39.8 Å². The number of hydrogen-bond donors (Lipinski definition) is 1. The summed E-state index contributed by atoms with van der Waals surface area (Å²) >= 11 is 3.08. The van der Waals surface area contributed by atoms with Gasteiger partial charge in [-0.2, -0.15) is 13.2 Å². The van der Waals surface area contributed by atoms with E-state index >= 15 is 0 Å². The van der Waals surface area contributed by atoms with Crippen molar-refractivity contribution < 1.29 is 13.2 Å². The number of nitrogens with one attached hydrogen (secondary N) is 1. The van der Waals surface area contributed by atoms with Crippen molar-refractivity contribution in [1.29, 1.82) is 0 Å². The number of hydrogen-bond acceptors (Lipinski definition) is 2. The summed E-state index contributed by atoms with van der Waals surface area (Å²) < 4.78 is 37.3. The number of benzene rings is 1. The van der Waals surface area contributed by atoms with Crippen molar-refractivity contribution in [2.75, 3.05) is 0 Å². The summed E-state index contributed by atoms with van der Waals surface area (Å²) in [7, 11) is 0. The molecular formula is C10H6BrF3N2O. The van der Waals surface area contributed by atoms with Gasteiger partial charge in [0.1, 0.15) is 5.69 Å². The molecule has 1 aromatic heterocycles. The first-order valence-corrected chi connectivity index (χ1v) is 5.70. The van der Waals surface area contributed by atoms with Gasteiger partial charge in [-0.3, -0.25) is 4.79 Å². The van der Waals surface area contributed by atoms with E-state index in [-0.39, 0.29) is 16.5 Å². The molecule has 0 bridgehead atoms. The van der Waals surface area contributed by atoms with Gasteiger partial charge >= 0.3 is 6.18 Å². The van der Waals surface area contributed by atoms with Crippen molar-refractivity contribution in [3.63, 3.8) is 0 Å².